The van der Waals surface area contributed by atoms with Gasteiger partial charge in [0.05, 0.1) is 16.7 Å². The van der Waals surface area contributed by atoms with Crippen molar-refractivity contribution in [3.8, 4) is 0 Å². The average molecular weight is 286 g/mol. The van der Waals surface area contributed by atoms with E-state index in [9.17, 15) is 9.90 Å². The Morgan fingerprint density at radius 3 is 3.14 bits per heavy atom. The molecule has 1 saturated carbocycles. The second-order valence-electron chi connectivity index (χ2n) is 6.36. The number of fused-ring (bicyclic) bond motifs is 1. The molecule has 4 heteroatoms. The summed E-state index contributed by atoms with van der Waals surface area (Å²) in [6.07, 6.45) is 5.56. The molecule has 3 rings (SSSR count). The predicted octanol–water partition coefficient (Wildman–Crippen LogP) is 2.84. The van der Waals surface area contributed by atoms with Crippen molar-refractivity contribution in [2.45, 2.75) is 38.2 Å². The average Bonchev–Trinajstić information content (AvgIpc) is 2.93. The summed E-state index contributed by atoms with van der Waals surface area (Å²) in [6.45, 7) is 2.49. The van der Waals surface area contributed by atoms with Crippen molar-refractivity contribution in [3.63, 3.8) is 0 Å². The van der Waals surface area contributed by atoms with Crippen LogP contribution in [0.4, 0.5) is 0 Å². The van der Waals surface area contributed by atoms with Gasteiger partial charge in [0, 0.05) is 18.1 Å². The van der Waals surface area contributed by atoms with Gasteiger partial charge >= 0.3 is 0 Å². The van der Waals surface area contributed by atoms with Gasteiger partial charge in [-0.1, -0.05) is 31.9 Å². The van der Waals surface area contributed by atoms with E-state index < -0.39 is 5.60 Å². The Morgan fingerprint density at radius 1 is 1.48 bits per heavy atom. The molecule has 1 heterocycles. The van der Waals surface area contributed by atoms with E-state index in [4.69, 9.17) is 0 Å². The molecule has 21 heavy (non-hydrogen) atoms. The van der Waals surface area contributed by atoms with Gasteiger partial charge in [-0.3, -0.25) is 4.79 Å². The van der Waals surface area contributed by atoms with E-state index in [1.165, 1.54) is 0 Å². The van der Waals surface area contributed by atoms with Crippen LogP contribution in [0.15, 0.2) is 30.5 Å². The third-order valence-corrected chi connectivity index (χ3v) is 4.48. The Balaban J connectivity index is 1.70. The molecule has 1 aliphatic carbocycles. The number of carbonyl (C=O) groups is 1. The molecule has 3 N–H and O–H groups in total. The highest BCUT2D eigenvalue weighted by Gasteiger charge is 2.33. The molecule has 2 unspecified atom stereocenters. The summed E-state index contributed by atoms with van der Waals surface area (Å²) in [5, 5.41) is 14.5. The summed E-state index contributed by atoms with van der Waals surface area (Å²) in [4.78, 5) is 15.5. The van der Waals surface area contributed by atoms with Crippen molar-refractivity contribution in [3.05, 3.63) is 36.0 Å². The molecule has 2 aromatic rings. The molecule has 0 saturated heterocycles. The third kappa shape index (κ3) is 2.95. The first-order valence-corrected chi connectivity index (χ1v) is 7.64. The van der Waals surface area contributed by atoms with E-state index in [0.29, 0.717) is 18.0 Å². The summed E-state index contributed by atoms with van der Waals surface area (Å²) in [5.74, 6) is 0.391. The molecule has 4 nitrogen and oxygen atoms in total. The van der Waals surface area contributed by atoms with Crippen LogP contribution in [0.2, 0.25) is 0 Å². The van der Waals surface area contributed by atoms with E-state index in [0.717, 1.165) is 36.6 Å². The minimum absolute atomic E-state index is 0.130. The van der Waals surface area contributed by atoms with Crippen LogP contribution in [0.3, 0.4) is 0 Å². The first-order chi connectivity index (χ1) is 10.1. The fourth-order valence-corrected chi connectivity index (χ4v) is 3.41. The van der Waals surface area contributed by atoms with E-state index >= 15 is 0 Å². The molecular weight excluding hydrogens is 264 g/mol. The van der Waals surface area contributed by atoms with Crippen molar-refractivity contribution in [2.24, 2.45) is 5.92 Å². The van der Waals surface area contributed by atoms with Crippen LogP contribution in [0.1, 0.15) is 43.0 Å². The summed E-state index contributed by atoms with van der Waals surface area (Å²) in [6, 6.07) is 7.60. The fourth-order valence-electron chi connectivity index (χ4n) is 3.41. The van der Waals surface area contributed by atoms with Crippen molar-refractivity contribution in [2.75, 3.05) is 6.54 Å². The van der Waals surface area contributed by atoms with Crippen molar-refractivity contribution in [1.82, 2.24) is 10.3 Å². The number of aliphatic hydroxyl groups is 1. The lowest BCUT2D eigenvalue weighted by Crippen LogP contribution is -2.45. The summed E-state index contributed by atoms with van der Waals surface area (Å²) < 4.78 is 0. The van der Waals surface area contributed by atoms with Crippen molar-refractivity contribution in [1.29, 1.82) is 0 Å². The van der Waals surface area contributed by atoms with Crippen LogP contribution in [0.25, 0.3) is 10.9 Å². The number of aromatic nitrogens is 1. The Morgan fingerprint density at radius 2 is 2.33 bits per heavy atom. The van der Waals surface area contributed by atoms with Gasteiger partial charge in [0.2, 0.25) is 0 Å². The highest BCUT2D eigenvalue weighted by molar-refractivity contribution is 6.05. The molecule has 0 bridgehead atoms. The zero-order valence-corrected chi connectivity index (χ0v) is 12.4. The maximum absolute atomic E-state index is 12.4. The number of aromatic amines is 1. The zero-order chi connectivity index (χ0) is 14.9. The first-order valence-electron chi connectivity index (χ1n) is 7.64. The molecule has 0 aliphatic heterocycles. The highest BCUT2D eigenvalue weighted by Crippen LogP contribution is 2.31. The van der Waals surface area contributed by atoms with Gasteiger partial charge in [0.15, 0.2) is 0 Å². The van der Waals surface area contributed by atoms with Gasteiger partial charge in [-0.05, 0) is 30.9 Å². The van der Waals surface area contributed by atoms with Crippen molar-refractivity contribution < 1.29 is 9.90 Å². The number of benzene rings is 1. The largest absolute Gasteiger partial charge is 0.388 e. The lowest BCUT2D eigenvalue weighted by molar-refractivity contribution is -0.0109. The monoisotopic (exact) mass is 286 g/mol. The van der Waals surface area contributed by atoms with Gasteiger partial charge in [0.25, 0.3) is 5.91 Å². The van der Waals surface area contributed by atoms with E-state index in [-0.39, 0.29) is 5.91 Å². The zero-order valence-electron chi connectivity index (χ0n) is 12.4. The molecule has 1 aliphatic rings. The first kappa shape index (κ1) is 14.1. The van der Waals surface area contributed by atoms with Gasteiger partial charge in [-0.15, -0.1) is 0 Å². The number of nitrogens with one attached hydrogen (secondary N) is 2. The van der Waals surface area contributed by atoms with Crippen molar-refractivity contribution >= 4 is 16.8 Å². The second kappa shape index (κ2) is 5.53. The molecule has 0 radical (unpaired) electrons. The number of hydrogen-bond donors (Lipinski definition) is 3. The second-order valence-corrected chi connectivity index (χ2v) is 6.36. The SMILES string of the molecule is CC1CCCC(O)(CNC(=O)c2cccc3cc[nH]c23)C1. The van der Waals surface area contributed by atoms with E-state index in [1.54, 1.807) is 0 Å². The van der Waals surface area contributed by atoms with Crippen LogP contribution >= 0.6 is 0 Å². The molecule has 1 amide bonds. The van der Waals surface area contributed by atoms with Crippen LogP contribution < -0.4 is 5.32 Å². The summed E-state index contributed by atoms with van der Waals surface area (Å²) >= 11 is 0. The summed E-state index contributed by atoms with van der Waals surface area (Å²) in [5.41, 5.74) is 0.723. The maximum atomic E-state index is 12.4. The van der Waals surface area contributed by atoms with Crippen LogP contribution in [0.5, 0.6) is 0 Å². The molecule has 1 aromatic heterocycles. The Labute approximate surface area is 124 Å². The van der Waals surface area contributed by atoms with Crippen LogP contribution in [0, 0.1) is 5.92 Å². The molecule has 0 spiro atoms. The van der Waals surface area contributed by atoms with Gasteiger partial charge < -0.3 is 15.4 Å². The quantitative estimate of drug-likeness (QED) is 0.812. The minimum Gasteiger partial charge on any atom is -0.388 e. The normalized spacial score (nSPS) is 25.9. The van der Waals surface area contributed by atoms with Gasteiger partial charge in [-0.2, -0.15) is 0 Å². The maximum Gasteiger partial charge on any atom is 0.253 e. The fraction of sp³-hybridized carbons (Fsp3) is 0.471. The number of carbonyl (C=O) groups excluding carboxylic acids is 1. The summed E-state index contributed by atoms with van der Waals surface area (Å²) in [7, 11) is 0. The number of hydrogen-bond acceptors (Lipinski definition) is 2. The molecule has 1 fully saturated rings. The minimum atomic E-state index is -0.753. The number of amides is 1. The highest BCUT2D eigenvalue weighted by atomic mass is 16.3. The van der Waals surface area contributed by atoms with E-state index in [2.05, 4.69) is 17.2 Å². The van der Waals surface area contributed by atoms with Gasteiger partial charge in [0.1, 0.15) is 0 Å². The van der Waals surface area contributed by atoms with E-state index in [1.807, 2.05) is 30.5 Å². The topological polar surface area (TPSA) is 65.1 Å². The van der Waals surface area contributed by atoms with Crippen LogP contribution in [-0.2, 0) is 0 Å². The van der Waals surface area contributed by atoms with Gasteiger partial charge in [-0.25, -0.2) is 0 Å². The molecule has 112 valence electrons. The molecular formula is C17H22N2O2. The smallest absolute Gasteiger partial charge is 0.253 e. The Kier molecular flexibility index (Phi) is 3.72. The Bertz CT molecular complexity index is 649. The van der Waals surface area contributed by atoms with Crippen LogP contribution in [-0.4, -0.2) is 28.1 Å². The lowest BCUT2D eigenvalue weighted by Gasteiger charge is -2.35. The predicted molar refractivity (Wildman–Crippen MR) is 83.2 cm³/mol. The number of para-hydroxylation sites is 1. The lowest BCUT2D eigenvalue weighted by atomic mass is 9.79. The standard InChI is InChI=1S/C17H22N2O2/c1-12-4-3-8-17(21,10-12)11-19-16(20)14-6-2-5-13-7-9-18-15(13)14/h2,5-7,9,12,18,21H,3-4,8,10-11H2,1H3,(H,19,20). The number of rotatable bonds is 3. The third-order valence-electron chi connectivity index (χ3n) is 4.48. The number of H-pyrrole nitrogens is 1. The molecule has 2 atom stereocenters. The molecule has 1 aromatic carbocycles. The Hall–Kier alpha value is -1.81.